The van der Waals surface area contributed by atoms with Crippen LogP contribution in [-0.4, -0.2) is 26.2 Å². The minimum atomic E-state index is -0.370. The number of nitrogens with one attached hydrogen (secondary N) is 1. The molecule has 0 atom stereocenters. The second-order valence-corrected chi connectivity index (χ2v) is 9.79. The van der Waals surface area contributed by atoms with E-state index in [4.69, 9.17) is 12.2 Å². The predicted molar refractivity (Wildman–Crippen MR) is 139 cm³/mol. The number of anilines is 1. The van der Waals surface area contributed by atoms with E-state index in [1.54, 1.807) is 24.9 Å². The smallest absolute Gasteiger partial charge is 0.270 e. The summed E-state index contributed by atoms with van der Waals surface area (Å²) in [6, 6.07) is 10.1. The molecule has 1 saturated heterocycles. The Kier molecular flexibility index (Phi) is 8.11. The Balaban J connectivity index is 2.01. The summed E-state index contributed by atoms with van der Waals surface area (Å²) in [6.07, 6.45) is 4.76. The van der Waals surface area contributed by atoms with Gasteiger partial charge in [0.2, 0.25) is 0 Å². The molecule has 0 radical (unpaired) electrons. The van der Waals surface area contributed by atoms with Crippen molar-refractivity contribution in [3.05, 3.63) is 67.3 Å². The third-order valence-electron chi connectivity index (χ3n) is 5.71. The van der Waals surface area contributed by atoms with E-state index in [9.17, 15) is 14.9 Å². The first-order valence-electron chi connectivity index (χ1n) is 11.0. The van der Waals surface area contributed by atoms with Crippen LogP contribution in [0.5, 0.6) is 0 Å². The standard InChI is InChI=1S/C25H28N4O2S2/c1-5-6-7-12-29-24(31)21(33-25(29)32)13-19-17(3)20(14-26)23(30)28(4)22(19)27-15-18-10-8-16(2)9-11-18/h8-11,13,27H,5-7,12,15H2,1-4H3/b21-13-. The molecule has 1 aromatic carbocycles. The van der Waals surface area contributed by atoms with Crippen molar-refractivity contribution < 1.29 is 4.79 Å². The Morgan fingerprint density at radius 1 is 1.18 bits per heavy atom. The number of carbonyl (C=O) groups excluding carboxylic acids is 1. The average molecular weight is 481 g/mol. The van der Waals surface area contributed by atoms with Gasteiger partial charge in [-0.2, -0.15) is 5.26 Å². The van der Waals surface area contributed by atoms with Gasteiger partial charge in [-0.05, 0) is 37.5 Å². The van der Waals surface area contributed by atoms with Crippen molar-refractivity contribution in [2.75, 3.05) is 11.9 Å². The van der Waals surface area contributed by atoms with Crippen LogP contribution >= 0.6 is 24.0 Å². The third-order valence-corrected chi connectivity index (χ3v) is 7.09. The maximum absolute atomic E-state index is 13.1. The predicted octanol–water partition coefficient (Wildman–Crippen LogP) is 4.88. The molecule has 0 aliphatic carbocycles. The molecule has 0 saturated carbocycles. The Bertz CT molecular complexity index is 1210. The fraction of sp³-hybridized carbons (Fsp3) is 0.360. The van der Waals surface area contributed by atoms with Crippen LogP contribution in [0.2, 0.25) is 0 Å². The number of hydrogen-bond donors (Lipinski definition) is 1. The van der Waals surface area contributed by atoms with Crippen molar-refractivity contribution in [1.29, 1.82) is 5.26 Å². The lowest BCUT2D eigenvalue weighted by Crippen LogP contribution is -2.29. The molecule has 1 aliphatic rings. The summed E-state index contributed by atoms with van der Waals surface area (Å²) >= 11 is 6.71. The number of aromatic nitrogens is 1. The van der Waals surface area contributed by atoms with Crippen molar-refractivity contribution >= 4 is 46.1 Å². The molecule has 1 aliphatic heterocycles. The van der Waals surface area contributed by atoms with E-state index >= 15 is 0 Å². The van der Waals surface area contributed by atoms with E-state index in [1.807, 2.05) is 37.3 Å². The molecule has 3 rings (SSSR count). The quantitative estimate of drug-likeness (QED) is 0.330. The van der Waals surface area contributed by atoms with Crippen LogP contribution in [-0.2, 0) is 18.4 Å². The molecule has 6 nitrogen and oxygen atoms in total. The first kappa shape index (κ1) is 24.7. The summed E-state index contributed by atoms with van der Waals surface area (Å²) in [6.45, 7) is 6.98. The van der Waals surface area contributed by atoms with Crippen LogP contribution in [0, 0.1) is 25.2 Å². The average Bonchev–Trinajstić information content (AvgIpc) is 3.06. The molecule has 1 fully saturated rings. The zero-order chi connectivity index (χ0) is 24.1. The Morgan fingerprint density at radius 3 is 2.52 bits per heavy atom. The lowest BCUT2D eigenvalue weighted by molar-refractivity contribution is -0.122. The summed E-state index contributed by atoms with van der Waals surface area (Å²) in [5.74, 6) is 0.436. The maximum atomic E-state index is 13.1. The van der Waals surface area contributed by atoms with Crippen molar-refractivity contribution in [1.82, 2.24) is 9.47 Å². The summed E-state index contributed by atoms with van der Waals surface area (Å²) in [5.41, 5.74) is 3.12. The van der Waals surface area contributed by atoms with Crippen LogP contribution in [0.15, 0.2) is 34.0 Å². The fourth-order valence-corrected chi connectivity index (χ4v) is 4.97. The highest BCUT2D eigenvalue weighted by Crippen LogP contribution is 2.35. The number of nitrogens with zero attached hydrogens (tertiary/aromatic N) is 3. The van der Waals surface area contributed by atoms with Crippen molar-refractivity contribution in [2.45, 2.75) is 46.6 Å². The van der Waals surface area contributed by atoms with Gasteiger partial charge in [0.25, 0.3) is 11.5 Å². The molecule has 33 heavy (non-hydrogen) atoms. The monoisotopic (exact) mass is 480 g/mol. The van der Waals surface area contributed by atoms with Gasteiger partial charge < -0.3 is 5.32 Å². The Hall–Kier alpha value is -2.89. The molecule has 1 amide bonds. The zero-order valence-corrected chi connectivity index (χ0v) is 21.0. The highest BCUT2D eigenvalue weighted by atomic mass is 32.2. The fourth-order valence-electron chi connectivity index (χ4n) is 3.68. The molecule has 0 spiro atoms. The van der Waals surface area contributed by atoms with Gasteiger partial charge in [-0.15, -0.1) is 0 Å². The first-order valence-corrected chi connectivity index (χ1v) is 12.2. The van der Waals surface area contributed by atoms with Crippen molar-refractivity contribution in [3.8, 4) is 6.07 Å². The van der Waals surface area contributed by atoms with Gasteiger partial charge in [0.15, 0.2) is 0 Å². The number of unbranched alkanes of at least 4 members (excludes halogenated alkanes) is 2. The van der Waals surface area contributed by atoms with E-state index in [0.717, 1.165) is 24.8 Å². The second-order valence-electron chi connectivity index (χ2n) is 8.12. The normalized spacial score (nSPS) is 14.8. The van der Waals surface area contributed by atoms with Gasteiger partial charge in [-0.3, -0.25) is 19.1 Å². The molecule has 0 bridgehead atoms. The molecule has 2 aromatic rings. The number of benzene rings is 1. The van der Waals surface area contributed by atoms with Gasteiger partial charge in [0.05, 0.1) is 4.91 Å². The molecule has 8 heteroatoms. The van der Waals surface area contributed by atoms with Gasteiger partial charge in [-0.25, -0.2) is 0 Å². The van der Waals surface area contributed by atoms with Crippen LogP contribution in [0.25, 0.3) is 6.08 Å². The SMILES string of the molecule is CCCCCN1C(=O)/C(=C/c2c(C)c(C#N)c(=O)n(C)c2NCc2ccc(C)cc2)SC1=S. The number of rotatable bonds is 8. The lowest BCUT2D eigenvalue weighted by Gasteiger charge is -2.18. The van der Waals surface area contributed by atoms with Crippen LogP contribution < -0.4 is 10.9 Å². The molecular formula is C25H28N4O2S2. The van der Waals surface area contributed by atoms with Gasteiger partial charge in [0, 0.05) is 25.7 Å². The Morgan fingerprint density at radius 2 is 1.88 bits per heavy atom. The van der Waals surface area contributed by atoms with E-state index in [0.29, 0.717) is 39.3 Å². The number of nitriles is 1. The minimum absolute atomic E-state index is 0.0723. The molecule has 0 unspecified atom stereocenters. The largest absolute Gasteiger partial charge is 0.367 e. The van der Waals surface area contributed by atoms with Crippen LogP contribution in [0.4, 0.5) is 5.82 Å². The molecule has 2 heterocycles. The van der Waals surface area contributed by atoms with E-state index in [-0.39, 0.29) is 17.0 Å². The van der Waals surface area contributed by atoms with Gasteiger partial charge in [-0.1, -0.05) is 73.6 Å². The van der Waals surface area contributed by atoms with E-state index in [1.165, 1.54) is 21.9 Å². The third kappa shape index (κ3) is 5.37. The minimum Gasteiger partial charge on any atom is -0.367 e. The molecule has 172 valence electrons. The topological polar surface area (TPSA) is 78.1 Å². The maximum Gasteiger partial charge on any atom is 0.270 e. The summed E-state index contributed by atoms with van der Waals surface area (Å²) in [5, 5.41) is 12.9. The molecular weight excluding hydrogens is 452 g/mol. The number of aryl methyl sites for hydroxylation is 1. The first-order chi connectivity index (χ1) is 15.8. The van der Waals surface area contributed by atoms with Gasteiger partial charge in [0.1, 0.15) is 21.8 Å². The Labute approximate surface area is 204 Å². The van der Waals surface area contributed by atoms with E-state index < -0.39 is 0 Å². The molecule has 1 N–H and O–H groups in total. The highest BCUT2D eigenvalue weighted by molar-refractivity contribution is 8.26. The number of thioether (sulfide) groups is 1. The van der Waals surface area contributed by atoms with Gasteiger partial charge >= 0.3 is 0 Å². The van der Waals surface area contributed by atoms with Crippen LogP contribution in [0.1, 0.15) is 54.0 Å². The number of carbonyl (C=O) groups is 1. The number of amides is 1. The molecule has 1 aromatic heterocycles. The van der Waals surface area contributed by atoms with Crippen molar-refractivity contribution in [2.24, 2.45) is 7.05 Å². The van der Waals surface area contributed by atoms with Crippen LogP contribution in [0.3, 0.4) is 0 Å². The number of thiocarbonyl (C=S) groups is 1. The summed E-state index contributed by atoms with van der Waals surface area (Å²) in [7, 11) is 1.63. The number of hydrogen-bond acceptors (Lipinski definition) is 6. The summed E-state index contributed by atoms with van der Waals surface area (Å²) in [4.78, 5) is 28.0. The highest BCUT2D eigenvalue weighted by Gasteiger charge is 2.32. The zero-order valence-electron chi connectivity index (χ0n) is 19.4. The second kappa shape index (κ2) is 10.8. The van der Waals surface area contributed by atoms with E-state index in [2.05, 4.69) is 12.2 Å². The van der Waals surface area contributed by atoms with Crippen molar-refractivity contribution in [3.63, 3.8) is 0 Å². The lowest BCUT2D eigenvalue weighted by atomic mass is 10.0. The summed E-state index contributed by atoms with van der Waals surface area (Å²) < 4.78 is 1.98. The number of pyridine rings is 1.